The molecule has 2 aromatic carbocycles. The van der Waals surface area contributed by atoms with E-state index in [2.05, 4.69) is 41.8 Å². The lowest BCUT2D eigenvalue weighted by molar-refractivity contribution is -0.117. The molecule has 0 saturated carbocycles. The fraction of sp³-hybridized carbons (Fsp3) is 0.333. The summed E-state index contributed by atoms with van der Waals surface area (Å²) in [5, 5.41) is 7.07. The molecule has 0 bridgehead atoms. The number of amides is 1. The van der Waals surface area contributed by atoms with Crippen LogP contribution in [-0.4, -0.2) is 24.1 Å². The highest BCUT2D eigenvalue weighted by atomic mass is 32.1. The number of hydrogen-bond donors (Lipinski definition) is 2. The van der Waals surface area contributed by atoms with Gasteiger partial charge < -0.3 is 15.5 Å². The smallest absolute Gasteiger partial charge is 0.227 e. The molecule has 1 heterocycles. The van der Waals surface area contributed by atoms with Gasteiger partial charge in [-0.15, -0.1) is 0 Å². The number of rotatable bonds is 6. The molecule has 0 unspecified atom stereocenters. The first-order valence-electron chi connectivity index (χ1n) is 9.13. The zero-order chi connectivity index (χ0) is 18.4. The largest absolute Gasteiger partial charge is 0.362 e. The van der Waals surface area contributed by atoms with E-state index >= 15 is 0 Å². The first-order valence-corrected chi connectivity index (χ1v) is 9.53. The molecule has 1 amide bonds. The number of anilines is 2. The fourth-order valence-corrected chi connectivity index (χ4v) is 3.43. The van der Waals surface area contributed by atoms with Crippen molar-refractivity contribution in [1.29, 1.82) is 0 Å². The van der Waals surface area contributed by atoms with Crippen LogP contribution in [0.4, 0.5) is 11.4 Å². The lowest BCUT2D eigenvalue weighted by atomic mass is 10.1. The molecule has 2 N–H and O–H groups in total. The minimum absolute atomic E-state index is 0.194. The van der Waals surface area contributed by atoms with Crippen molar-refractivity contribution in [2.75, 3.05) is 23.3 Å². The van der Waals surface area contributed by atoms with Crippen molar-refractivity contribution in [1.82, 2.24) is 5.32 Å². The van der Waals surface area contributed by atoms with Crippen LogP contribution in [0, 0.1) is 6.92 Å². The standard InChI is InChI=1S/C21H25N3OS/c1-16-6-2-7-17(14-16)8-4-12-22-21(26)23-18-9-3-10-19(15-18)24-13-5-11-20(24)25/h2-3,6-7,9-10,14-15H,4-5,8,11-13H2,1H3,(H2,22,23,26). The number of thiocarbonyl (C=S) groups is 1. The van der Waals surface area contributed by atoms with Crippen molar-refractivity contribution in [2.45, 2.75) is 32.6 Å². The zero-order valence-electron chi connectivity index (χ0n) is 15.1. The number of nitrogens with zero attached hydrogens (tertiary/aromatic N) is 1. The molecule has 4 nitrogen and oxygen atoms in total. The van der Waals surface area contributed by atoms with E-state index in [0.29, 0.717) is 11.5 Å². The van der Waals surface area contributed by atoms with Gasteiger partial charge in [0, 0.05) is 30.9 Å². The average molecular weight is 368 g/mol. The average Bonchev–Trinajstić information content (AvgIpc) is 3.05. The number of hydrogen-bond acceptors (Lipinski definition) is 2. The lowest BCUT2D eigenvalue weighted by Crippen LogP contribution is -2.29. The molecule has 1 aliphatic rings. The summed E-state index contributed by atoms with van der Waals surface area (Å²) in [4.78, 5) is 13.7. The van der Waals surface area contributed by atoms with Gasteiger partial charge in [0.05, 0.1) is 0 Å². The number of carbonyl (C=O) groups excluding carboxylic acids is 1. The van der Waals surface area contributed by atoms with Gasteiger partial charge in [0.1, 0.15) is 0 Å². The van der Waals surface area contributed by atoms with Crippen LogP contribution in [0.1, 0.15) is 30.4 Å². The molecule has 136 valence electrons. The molecule has 1 aliphatic heterocycles. The molecular formula is C21H25N3OS. The van der Waals surface area contributed by atoms with Gasteiger partial charge in [-0.3, -0.25) is 4.79 Å². The number of aryl methyl sites for hydroxylation is 2. The van der Waals surface area contributed by atoms with E-state index in [1.54, 1.807) is 0 Å². The minimum atomic E-state index is 0.194. The molecule has 0 radical (unpaired) electrons. The van der Waals surface area contributed by atoms with Crippen LogP contribution < -0.4 is 15.5 Å². The summed E-state index contributed by atoms with van der Waals surface area (Å²) in [6.07, 6.45) is 3.62. The van der Waals surface area contributed by atoms with Gasteiger partial charge in [-0.25, -0.2) is 0 Å². The molecule has 3 rings (SSSR count). The predicted molar refractivity (Wildman–Crippen MR) is 112 cm³/mol. The summed E-state index contributed by atoms with van der Waals surface area (Å²) >= 11 is 5.39. The van der Waals surface area contributed by atoms with Crippen molar-refractivity contribution < 1.29 is 4.79 Å². The first-order chi connectivity index (χ1) is 12.6. The lowest BCUT2D eigenvalue weighted by Gasteiger charge is -2.17. The van der Waals surface area contributed by atoms with E-state index in [1.165, 1.54) is 11.1 Å². The maximum atomic E-state index is 11.9. The summed E-state index contributed by atoms with van der Waals surface area (Å²) in [7, 11) is 0. The van der Waals surface area contributed by atoms with Crippen LogP contribution in [0.25, 0.3) is 0 Å². The zero-order valence-corrected chi connectivity index (χ0v) is 15.9. The van der Waals surface area contributed by atoms with Crippen LogP contribution in [-0.2, 0) is 11.2 Å². The molecule has 0 spiro atoms. The van der Waals surface area contributed by atoms with Gasteiger partial charge in [0.2, 0.25) is 5.91 Å². The van der Waals surface area contributed by atoms with Crippen LogP contribution >= 0.6 is 12.2 Å². The van der Waals surface area contributed by atoms with Crippen LogP contribution in [0.3, 0.4) is 0 Å². The molecule has 0 aromatic heterocycles. The van der Waals surface area contributed by atoms with Crippen LogP contribution in [0.15, 0.2) is 48.5 Å². The Morgan fingerprint density at radius 3 is 2.81 bits per heavy atom. The van der Waals surface area contributed by atoms with Crippen molar-refractivity contribution in [3.8, 4) is 0 Å². The summed E-state index contributed by atoms with van der Waals surface area (Å²) in [6.45, 7) is 3.73. The van der Waals surface area contributed by atoms with Gasteiger partial charge in [0.15, 0.2) is 5.11 Å². The van der Waals surface area contributed by atoms with Gasteiger partial charge in [-0.2, -0.15) is 0 Å². The molecule has 2 aromatic rings. The number of nitrogens with one attached hydrogen (secondary N) is 2. The van der Waals surface area contributed by atoms with E-state index in [9.17, 15) is 4.79 Å². The summed E-state index contributed by atoms with van der Waals surface area (Å²) < 4.78 is 0. The van der Waals surface area contributed by atoms with Gasteiger partial charge >= 0.3 is 0 Å². The number of carbonyl (C=O) groups is 1. The second-order valence-electron chi connectivity index (χ2n) is 6.67. The predicted octanol–water partition coefficient (Wildman–Crippen LogP) is 4.04. The highest BCUT2D eigenvalue weighted by molar-refractivity contribution is 7.80. The quantitative estimate of drug-likeness (QED) is 0.597. The third kappa shape index (κ3) is 5.05. The molecule has 1 saturated heterocycles. The molecule has 0 aliphatic carbocycles. The van der Waals surface area contributed by atoms with E-state index in [-0.39, 0.29) is 5.91 Å². The second-order valence-corrected chi connectivity index (χ2v) is 7.08. The van der Waals surface area contributed by atoms with Crippen molar-refractivity contribution >= 4 is 34.6 Å². The fourth-order valence-electron chi connectivity index (χ4n) is 3.21. The highest BCUT2D eigenvalue weighted by Crippen LogP contribution is 2.24. The topological polar surface area (TPSA) is 44.4 Å². The van der Waals surface area contributed by atoms with E-state index in [0.717, 1.165) is 43.7 Å². The van der Waals surface area contributed by atoms with Crippen molar-refractivity contribution in [3.63, 3.8) is 0 Å². The summed E-state index contributed by atoms with van der Waals surface area (Å²) in [5.74, 6) is 0.194. The Hall–Kier alpha value is -2.40. The van der Waals surface area contributed by atoms with Gasteiger partial charge in [-0.1, -0.05) is 35.9 Å². The highest BCUT2D eigenvalue weighted by Gasteiger charge is 2.21. The molecule has 0 atom stereocenters. The minimum Gasteiger partial charge on any atom is -0.362 e. The summed E-state index contributed by atoms with van der Waals surface area (Å²) in [5.41, 5.74) is 4.48. The van der Waals surface area contributed by atoms with Crippen LogP contribution in [0.2, 0.25) is 0 Å². The van der Waals surface area contributed by atoms with Crippen molar-refractivity contribution in [2.24, 2.45) is 0 Å². The maximum absolute atomic E-state index is 11.9. The maximum Gasteiger partial charge on any atom is 0.227 e. The van der Waals surface area contributed by atoms with Gasteiger partial charge in [0.25, 0.3) is 0 Å². The SMILES string of the molecule is Cc1cccc(CCCNC(=S)Nc2cccc(N3CCCC3=O)c2)c1. The van der Waals surface area contributed by atoms with E-state index < -0.39 is 0 Å². The third-order valence-corrected chi connectivity index (χ3v) is 4.75. The third-order valence-electron chi connectivity index (χ3n) is 4.50. The van der Waals surface area contributed by atoms with E-state index in [1.807, 2.05) is 29.2 Å². The second kappa shape index (κ2) is 8.81. The normalized spacial score (nSPS) is 13.7. The molecule has 1 fully saturated rings. The molecule has 26 heavy (non-hydrogen) atoms. The summed E-state index contributed by atoms with van der Waals surface area (Å²) in [6, 6.07) is 16.5. The Bertz CT molecular complexity index is 790. The number of benzene rings is 2. The van der Waals surface area contributed by atoms with E-state index in [4.69, 9.17) is 12.2 Å². The Morgan fingerprint density at radius 1 is 1.19 bits per heavy atom. The molecule has 5 heteroatoms. The Kier molecular flexibility index (Phi) is 6.23. The Labute approximate surface area is 160 Å². The first kappa shape index (κ1) is 18.4. The van der Waals surface area contributed by atoms with Crippen LogP contribution in [0.5, 0.6) is 0 Å². The Balaban J connectivity index is 1.45. The van der Waals surface area contributed by atoms with Crippen molar-refractivity contribution in [3.05, 3.63) is 59.7 Å². The Morgan fingerprint density at radius 2 is 2.04 bits per heavy atom. The molecular weight excluding hydrogens is 342 g/mol. The monoisotopic (exact) mass is 367 g/mol. The van der Waals surface area contributed by atoms with Gasteiger partial charge in [-0.05, 0) is 62.2 Å².